The molecule has 1 saturated heterocycles. The molecule has 2 rings (SSSR count). The molecule has 0 radical (unpaired) electrons. The van der Waals surface area contributed by atoms with Gasteiger partial charge in [-0.25, -0.2) is 0 Å². The second-order valence-corrected chi connectivity index (χ2v) is 4.53. The van der Waals surface area contributed by atoms with E-state index < -0.39 is 0 Å². The zero-order valence-electron chi connectivity index (χ0n) is 9.70. The molecule has 1 aliphatic rings. The Kier molecular flexibility index (Phi) is 4.04. The number of carbonyl (C=O) groups is 1. The number of nitrogens with zero attached hydrogens (tertiary/aromatic N) is 1. The standard InChI is InChI=1S/C11H16ClN3O2/c1-15-6-8(12)4-10(15)11(16)14-5-9-7-17-3-2-13-9/h4,6,9,13H,2-3,5,7H2,1H3,(H,14,16). The van der Waals surface area contributed by atoms with E-state index in [0.717, 1.165) is 13.2 Å². The Morgan fingerprint density at radius 1 is 1.76 bits per heavy atom. The molecule has 1 amide bonds. The van der Waals surface area contributed by atoms with Crippen LogP contribution in [-0.2, 0) is 11.8 Å². The lowest BCUT2D eigenvalue weighted by Crippen LogP contribution is -2.48. The van der Waals surface area contributed by atoms with Crippen molar-refractivity contribution in [1.29, 1.82) is 0 Å². The van der Waals surface area contributed by atoms with E-state index in [9.17, 15) is 4.79 Å². The molecule has 17 heavy (non-hydrogen) atoms. The topological polar surface area (TPSA) is 55.3 Å². The highest BCUT2D eigenvalue weighted by Gasteiger charge is 2.16. The predicted octanol–water partition coefficient (Wildman–Crippen LogP) is 0.397. The van der Waals surface area contributed by atoms with Crippen molar-refractivity contribution < 1.29 is 9.53 Å². The van der Waals surface area contributed by atoms with Gasteiger partial charge in [-0.1, -0.05) is 11.6 Å². The van der Waals surface area contributed by atoms with Crippen LogP contribution in [0.25, 0.3) is 0 Å². The zero-order chi connectivity index (χ0) is 12.3. The van der Waals surface area contributed by atoms with Gasteiger partial charge in [0, 0.05) is 32.4 Å². The maximum absolute atomic E-state index is 11.9. The molecule has 2 heterocycles. The van der Waals surface area contributed by atoms with E-state index in [1.165, 1.54) is 0 Å². The van der Waals surface area contributed by atoms with Crippen molar-refractivity contribution in [2.24, 2.45) is 7.05 Å². The van der Waals surface area contributed by atoms with Crippen LogP contribution in [0.2, 0.25) is 5.02 Å². The number of ether oxygens (including phenoxy) is 1. The van der Waals surface area contributed by atoms with Gasteiger partial charge < -0.3 is 19.9 Å². The van der Waals surface area contributed by atoms with Crippen LogP contribution in [0.1, 0.15) is 10.5 Å². The normalized spacial score (nSPS) is 20.2. The summed E-state index contributed by atoms with van der Waals surface area (Å²) in [5.41, 5.74) is 0.562. The summed E-state index contributed by atoms with van der Waals surface area (Å²) in [6.45, 7) is 2.75. The molecule has 1 unspecified atom stereocenters. The SMILES string of the molecule is Cn1cc(Cl)cc1C(=O)NCC1COCCN1. The second kappa shape index (κ2) is 5.53. The number of nitrogens with one attached hydrogen (secondary N) is 2. The maximum atomic E-state index is 11.9. The zero-order valence-corrected chi connectivity index (χ0v) is 10.5. The number of aryl methyl sites for hydroxylation is 1. The molecule has 1 aromatic rings. The molecule has 0 bridgehead atoms. The fraction of sp³-hybridized carbons (Fsp3) is 0.545. The molecule has 0 saturated carbocycles. The first-order valence-corrected chi connectivity index (χ1v) is 5.96. The van der Waals surface area contributed by atoms with Gasteiger partial charge in [0.1, 0.15) is 5.69 Å². The number of hydrogen-bond acceptors (Lipinski definition) is 3. The van der Waals surface area contributed by atoms with Crippen LogP contribution in [0, 0.1) is 0 Å². The lowest BCUT2D eigenvalue weighted by Gasteiger charge is -2.23. The molecule has 6 heteroatoms. The monoisotopic (exact) mass is 257 g/mol. The van der Waals surface area contributed by atoms with E-state index in [0.29, 0.717) is 23.9 Å². The van der Waals surface area contributed by atoms with Gasteiger partial charge in [-0.3, -0.25) is 4.79 Å². The number of rotatable bonds is 3. The van der Waals surface area contributed by atoms with Crippen molar-refractivity contribution in [2.45, 2.75) is 6.04 Å². The summed E-state index contributed by atoms with van der Waals surface area (Å²) in [6, 6.07) is 1.84. The summed E-state index contributed by atoms with van der Waals surface area (Å²) < 4.78 is 7.02. The molecule has 94 valence electrons. The van der Waals surface area contributed by atoms with E-state index in [4.69, 9.17) is 16.3 Å². The molecule has 1 atom stereocenters. The highest BCUT2D eigenvalue weighted by atomic mass is 35.5. The summed E-state index contributed by atoms with van der Waals surface area (Å²) in [7, 11) is 1.79. The number of carbonyl (C=O) groups excluding carboxylic acids is 1. The van der Waals surface area contributed by atoms with Crippen LogP contribution >= 0.6 is 11.6 Å². The molecule has 1 aliphatic heterocycles. The first-order valence-electron chi connectivity index (χ1n) is 5.58. The minimum atomic E-state index is -0.119. The van der Waals surface area contributed by atoms with Gasteiger partial charge in [0.2, 0.25) is 0 Å². The number of amides is 1. The summed E-state index contributed by atoms with van der Waals surface area (Å²) in [5.74, 6) is -0.119. The van der Waals surface area contributed by atoms with Gasteiger partial charge in [0.05, 0.1) is 18.2 Å². The molecule has 1 aromatic heterocycles. The fourth-order valence-electron chi connectivity index (χ4n) is 1.81. The Morgan fingerprint density at radius 2 is 2.59 bits per heavy atom. The van der Waals surface area contributed by atoms with Crippen molar-refractivity contribution in [2.75, 3.05) is 26.3 Å². The highest BCUT2D eigenvalue weighted by molar-refractivity contribution is 6.31. The van der Waals surface area contributed by atoms with Crippen LogP contribution in [-0.4, -0.2) is 42.8 Å². The Labute approximate surface area is 105 Å². The van der Waals surface area contributed by atoms with Gasteiger partial charge in [0.25, 0.3) is 5.91 Å². The van der Waals surface area contributed by atoms with E-state index in [1.54, 1.807) is 23.9 Å². The minimum absolute atomic E-state index is 0.119. The van der Waals surface area contributed by atoms with Crippen molar-refractivity contribution in [3.8, 4) is 0 Å². The van der Waals surface area contributed by atoms with Crippen LogP contribution < -0.4 is 10.6 Å². The summed E-state index contributed by atoms with van der Waals surface area (Å²) in [4.78, 5) is 11.9. The molecule has 5 nitrogen and oxygen atoms in total. The molecule has 2 N–H and O–H groups in total. The first-order chi connectivity index (χ1) is 8.16. The third-order valence-electron chi connectivity index (χ3n) is 2.71. The predicted molar refractivity (Wildman–Crippen MR) is 65.4 cm³/mol. The van der Waals surface area contributed by atoms with E-state index >= 15 is 0 Å². The minimum Gasteiger partial charge on any atom is -0.378 e. The Hall–Kier alpha value is -1.04. The van der Waals surface area contributed by atoms with Gasteiger partial charge in [-0.2, -0.15) is 0 Å². The first kappa shape index (κ1) is 12.4. The molecule has 0 spiro atoms. The summed E-state index contributed by atoms with van der Waals surface area (Å²) >= 11 is 5.83. The number of halogens is 1. The number of morpholine rings is 1. The third-order valence-corrected chi connectivity index (χ3v) is 2.92. The van der Waals surface area contributed by atoms with Crippen molar-refractivity contribution in [3.05, 3.63) is 23.0 Å². The van der Waals surface area contributed by atoms with Crippen molar-refractivity contribution >= 4 is 17.5 Å². The average Bonchev–Trinajstić information content (AvgIpc) is 2.67. The molecular formula is C11H16ClN3O2. The smallest absolute Gasteiger partial charge is 0.268 e. The Bertz CT molecular complexity index is 399. The molecular weight excluding hydrogens is 242 g/mol. The van der Waals surface area contributed by atoms with Gasteiger partial charge in [0.15, 0.2) is 0 Å². The van der Waals surface area contributed by atoms with Crippen LogP contribution in [0.4, 0.5) is 0 Å². The van der Waals surface area contributed by atoms with Crippen LogP contribution in [0.15, 0.2) is 12.3 Å². The van der Waals surface area contributed by atoms with Crippen molar-refractivity contribution in [1.82, 2.24) is 15.2 Å². The average molecular weight is 258 g/mol. The summed E-state index contributed by atoms with van der Waals surface area (Å²) in [5, 5.41) is 6.70. The Balaban J connectivity index is 1.86. The second-order valence-electron chi connectivity index (χ2n) is 4.09. The largest absolute Gasteiger partial charge is 0.378 e. The van der Waals surface area contributed by atoms with E-state index in [1.807, 2.05) is 0 Å². The van der Waals surface area contributed by atoms with E-state index in [-0.39, 0.29) is 11.9 Å². The lowest BCUT2D eigenvalue weighted by atomic mass is 10.2. The molecule has 1 fully saturated rings. The third kappa shape index (κ3) is 3.21. The fourth-order valence-corrected chi connectivity index (χ4v) is 2.06. The van der Waals surface area contributed by atoms with Crippen LogP contribution in [0.3, 0.4) is 0 Å². The quantitative estimate of drug-likeness (QED) is 0.824. The summed E-state index contributed by atoms with van der Waals surface area (Å²) in [6.07, 6.45) is 1.71. The van der Waals surface area contributed by atoms with E-state index in [2.05, 4.69) is 10.6 Å². The number of aromatic nitrogens is 1. The Morgan fingerprint density at radius 3 is 3.18 bits per heavy atom. The maximum Gasteiger partial charge on any atom is 0.268 e. The van der Waals surface area contributed by atoms with Gasteiger partial charge >= 0.3 is 0 Å². The van der Waals surface area contributed by atoms with Gasteiger partial charge in [-0.15, -0.1) is 0 Å². The lowest BCUT2D eigenvalue weighted by molar-refractivity contribution is 0.0733. The highest BCUT2D eigenvalue weighted by Crippen LogP contribution is 2.12. The van der Waals surface area contributed by atoms with Crippen LogP contribution in [0.5, 0.6) is 0 Å². The number of hydrogen-bond donors (Lipinski definition) is 2. The van der Waals surface area contributed by atoms with Crippen molar-refractivity contribution in [3.63, 3.8) is 0 Å². The van der Waals surface area contributed by atoms with Gasteiger partial charge in [-0.05, 0) is 6.07 Å². The molecule has 0 aromatic carbocycles. The molecule has 0 aliphatic carbocycles.